The molecule has 28 valence electrons. The maximum atomic E-state index is 10.1. The summed E-state index contributed by atoms with van der Waals surface area (Å²) in [5, 5.41) is 5.35. The number of nitrogens with one attached hydrogen (secondary N) is 1. The van der Waals surface area contributed by atoms with Crippen LogP contribution in [0.2, 0.25) is 0 Å². The van der Waals surface area contributed by atoms with Gasteiger partial charge in [0.25, 0.3) is 8.33 Å². The van der Waals surface area contributed by atoms with E-state index in [-0.39, 0.29) is 18.9 Å². The Morgan fingerprint density at radius 3 is 1.40 bits per heavy atom. The maximum absolute atomic E-state index is 10.1. The molecule has 0 aromatic rings. The summed E-state index contributed by atoms with van der Waals surface area (Å²) in [6.45, 7) is 0. The zero-order valence-corrected chi connectivity index (χ0v) is 2.76. The van der Waals surface area contributed by atoms with Crippen molar-refractivity contribution < 1.29 is 8.39 Å². The number of hydrogen-bond acceptors (Lipinski definition) is 1. The molecule has 0 bridgehead atoms. The summed E-state index contributed by atoms with van der Waals surface area (Å²) in [6.07, 6.45) is 0. The van der Waals surface area contributed by atoms with Gasteiger partial charge in [-0.3, -0.25) is 5.16 Å². The molecule has 0 aromatic heterocycles. The Balaban J connectivity index is 0. The Kier molecular flexibility index (Phi) is 8.62. The molecule has 0 amide bonds. The summed E-state index contributed by atoms with van der Waals surface area (Å²) in [5.74, 6) is 0. The third-order valence-corrected chi connectivity index (χ3v) is 0. The van der Waals surface area contributed by atoms with E-state index in [1.165, 1.54) is 0 Å². The van der Waals surface area contributed by atoms with Crippen molar-refractivity contribution >= 4 is 27.2 Å². The van der Waals surface area contributed by atoms with Gasteiger partial charge in [0.1, 0.15) is 0 Å². The van der Waals surface area contributed by atoms with E-state index in [1.807, 2.05) is 0 Å². The zero-order valence-electron chi connectivity index (χ0n) is 1.76. The molecule has 0 radical (unpaired) electrons. The molecule has 0 rings (SSSR count). The van der Waals surface area contributed by atoms with E-state index in [0.29, 0.717) is 0 Å². The van der Waals surface area contributed by atoms with Crippen LogP contribution in [-0.4, -0.2) is 18.9 Å². The average molecular weight is 92.9 g/mol. The topological polar surface area (TPSA) is 23.9 Å². The first-order chi connectivity index (χ1) is 1.73. The van der Waals surface area contributed by atoms with Crippen molar-refractivity contribution in [2.24, 2.45) is 0 Å². The van der Waals surface area contributed by atoms with Crippen LogP contribution in [-0.2, 0) is 0 Å². The van der Waals surface area contributed by atoms with E-state index >= 15 is 0 Å². The first kappa shape index (κ1) is 9.19. The van der Waals surface area contributed by atoms with E-state index in [2.05, 4.69) is 0 Å². The Labute approximate surface area is 41.4 Å². The number of rotatable bonds is 0. The summed E-state index contributed by atoms with van der Waals surface area (Å²) >= 11 is 0. The van der Waals surface area contributed by atoms with Crippen LogP contribution in [0.4, 0.5) is 8.39 Å². The van der Waals surface area contributed by atoms with E-state index in [1.54, 1.807) is 0 Å². The fourth-order valence-electron chi connectivity index (χ4n) is 0. The van der Waals surface area contributed by atoms with Gasteiger partial charge in [0.2, 0.25) is 0 Å². The van der Waals surface area contributed by atoms with E-state index in [9.17, 15) is 8.39 Å². The molecular formula is H3F2LiNP. The molecule has 5 heteroatoms. The van der Waals surface area contributed by atoms with E-state index in [4.69, 9.17) is 5.16 Å². The fraction of sp³-hybridized carbons (Fsp3) is 0. The average Bonchev–Trinajstić information content (AvgIpc) is 0.811. The second-order valence-electron chi connectivity index (χ2n) is 0.260. The van der Waals surface area contributed by atoms with Crippen LogP contribution in [0.15, 0.2) is 0 Å². The molecule has 0 atom stereocenters. The van der Waals surface area contributed by atoms with Gasteiger partial charge in [0, 0.05) is 0 Å². The standard InChI is InChI=1S/F2H2NP.Li.H/c1-4(2)3;;/h3-4H;;. The molecule has 1 nitrogen and oxygen atoms in total. The van der Waals surface area contributed by atoms with Gasteiger partial charge in [-0.2, -0.15) is 8.39 Å². The van der Waals surface area contributed by atoms with Crippen LogP contribution in [0.1, 0.15) is 0 Å². The van der Waals surface area contributed by atoms with Crippen molar-refractivity contribution in [1.29, 1.82) is 5.16 Å². The van der Waals surface area contributed by atoms with E-state index in [0.717, 1.165) is 0 Å². The molecule has 0 saturated heterocycles. The van der Waals surface area contributed by atoms with Crippen LogP contribution < -0.4 is 0 Å². The molecular weight excluding hydrogens is 89.9 g/mol. The number of halogens is 2. The Bertz CT molecular complexity index is 32.6. The summed E-state index contributed by atoms with van der Waals surface area (Å²) in [7, 11) is -3.63. The Morgan fingerprint density at radius 2 is 1.40 bits per heavy atom. The molecule has 0 spiro atoms. The normalized spacial score (nSPS) is 7.00. The quantitative estimate of drug-likeness (QED) is 0.342. The first-order valence-corrected chi connectivity index (χ1v) is 1.88. The monoisotopic (exact) mass is 93.0 g/mol. The van der Waals surface area contributed by atoms with Crippen LogP contribution in [0.3, 0.4) is 0 Å². The predicted octanol–water partition coefficient (Wildman–Crippen LogP) is 1.08. The van der Waals surface area contributed by atoms with Gasteiger partial charge in [-0.1, -0.05) is 0 Å². The molecule has 0 aromatic carbocycles. The minimum absolute atomic E-state index is 0. The Morgan fingerprint density at radius 1 is 1.40 bits per heavy atom. The van der Waals surface area contributed by atoms with Gasteiger partial charge < -0.3 is 0 Å². The van der Waals surface area contributed by atoms with Crippen molar-refractivity contribution in [1.82, 2.24) is 0 Å². The van der Waals surface area contributed by atoms with Crippen molar-refractivity contribution in [2.45, 2.75) is 0 Å². The SMILES string of the molecule is N=[PH](F)F.[LiH]. The second-order valence-corrected chi connectivity index (χ2v) is 0.781. The van der Waals surface area contributed by atoms with Gasteiger partial charge in [-0.15, -0.1) is 0 Å². The van der Waals surface area contributed by atoms with Crippen LogP contribution >= 0.6 is 8.33 Å². The molecule has 0 saturated carbocycles. The van der Waals surface area contributed by atoms with Crippen molar-refractivity contribution in [3.8, 4) is 0 Å². The van der Waals surface area contributed by atoms with Gasteiger partial charge in [-0.05, 0) is 0 Å². The molecule has 0 unspecified atom stereocenters. The third-order valence-electron chi connectivity index (χ3n) is 0. The molecule has 0 fully saturated rings. The van der Waals surface area contributed by atoms with Crippen molar-refractivity contribution in [3.63, 3.8) is 0 Å². The van der Waals surface area contributed by atoms with Crippen molar-refractivity contribution in [3.05, 3.63) is 0 Å². The van der Waals surface area contributed by atoms with E-state index < -0.39 is 8.33 Å². The van der Waals surface area contributed by atoms with Gasteiger partial charge in [0.05, 0.1) is 0 Å². The first-order valence-electron chi connectivity index (χ1n) is 0.628. The molecule has 0 aliphatic rings. The molecule has 0 aliphatic heterocycles. The summed E-state index contributed by atoms with van der Waals surface area (Å²) in [6, 6.07) is 0. The van der Waals surface area contributed by atoms with Gasteiger partial charge in [0.15, 0.2) is 0 Å². The summed E-state index contributed by atoms with van der Waals surface area (Å²) in [5.41, 5.74) is 0. The molecule has 0 heterocycles. The molecule has 1 N–H and O–H groups in total. The van der Waals surface area contributed by atoms with Crippen LogP contribution in [0.25, 0.3) is 0 Å². The minimum atomic E-state index is -3.63. The second kappa shape index (κ2) is 4.69. The summed E-state index contributed by atoms with van der Waals surface area (Å²) in [4.78, 5) is 0. The third kappa shape index (κ3) is 71.6. The van der Waals surface area contributed by atoms with Crippen molar-refractivity contribution in [2.75, 3.05) is 0 Å². The molecule has 5 heavy (non-hydrogen) atoms. The number of hydrogen-bond donors (Lipinski definition) is 1. The fourth-order valence-corrected chi connectivity index (χ4v) is 0. The van der Waals surface area contributed by atoms with Crippen LogP contribution in [0, 0.1) is 5.16 Å². The molecule has 0 aliphatic carbocycles. The Hall–Kier alpha value is 0.687. The zero-order chi connectivity index (χ0) is 3.58. The van der Waals surface area contributed by atoms with Crippen LogP contribution in [0.5, 0.6) is 0 Å². The van der Waals surface area contributed by atoms with Gasteiger partial charge in [-0.25, -0.2) is 0 Å². The predicted molar refractivity (Wildman–Crippen MR) is 20.4 cm³/mol. The summed E-state index contributed by atoms with van der Waals surface area (Å²) < 4.78 is 20.2. The van der Waals surface area contributed by atoms with Gasteiger partial charge >= 0.3 is 18.9 Å².